The minimum absolute atomic E-state index is 0.0175. The monoisotopic (exact) mass is 519 g/mol. The van der Waals surface area contributed by atoms with Crippen molar-refractivity contribution in [2.24, 2.45) is 11.5 Å². The predicted molar refractivity (Wildman–Crippen MR) is 144 cm³/mol. The van der Waals surface area contributed by atoms with E-state index in [1.807, 2.05) is 23.6 Å². The number of benzene rings is 1. The summed E-state index contributed by atoms with van der Waals surface area (Å²) < 4.78 is 15.9. The lowest BCUT2D eigenvalue weighted by Gasteiger charge is -2.30. The third kappa shape index (κ3) is 5.52. The Hall–Kier alpha value is -4.09. The summed E-state index contributed by atoms with van der Waals surface area (Å²) in [6.07, 6.45) is 6.65. The normalized spacial score (nSPS) is 17.4. The Morgan fingerprint density at radius 1 is 1.03 bits per heavy atom. The van der Waals surface area contributed by atoms with E-state index in [2.05, 4.69) is 25.9 Å². The first-order valence-corrected chi connectivity index (χ1v) is 12.8. The van der Waals surface area contributed by atoms with Gasteiger partial charge in [0.25, 0.3) is 11.8 Å². The molecule has 1 aliphatic carbocycles. The van der Waals surface area contributed by atoms with Crippen LogP contribution in [0.4, 0.5) is 27.4 Å². The first-order chi connectivity index (χ1) is 17.9. The van der Waals surface area contributed by atoms with E-state index in [9.17, 15) is 14.0 Å². The molecule has 9 nitrogen and oxygen atoms in total. The minimum atomic E-state index is -0.837. The van der Waals surface area contributed by atoms with Crippen molar-refractivity contribution in [3.63, 3.8) is 0 Å². The number of carbonyl (C=O) groups is 2. The van der Waals surface area contributed by atoms with Crippen LogP contribution in [0.3, 0.4) is 0 Å². The van der Waals surface area contributed by atoms with Gasteiger partial charge >= 0.3 is 0 Å². The van der Waals surface area contributed by atoms with Crippen LogP contribution in [0.15, 0.2) is 54.2 Å². The molecule has 0 radical (unpaired) electrons. The smallest absolute Gasteiger partial charge is 0.255 e. The van der Waals surface area contributed by atoms with Crippen LogP contribution >= 0.6 is 11.3 Å². The largest absolute Gasteiger partial charge is 0.365 e. The van der Waals surface area contributed by atoms with Gasteiger partial charge in [0.1, 0.15) is 5.82 Å². The number of pyridine rings is 2. The highest BCUT2D eigenvalue weighted by Crippen LogP contribution is 2.28. The third-order valence-electron chi connectivity index (χ3n) is 6.36. The average molecular weight is 520 g/mol. The average Bonchev–Trinajstić information content (AvgIpc) is 3.35. The quantitative estimate of drug-likeness (QED) is 0.239. The zero-order valence-corrected chi connectivity index (χ0v) is 20.6. The maximum absolute atomic E-state index is 14.8. The number of hydrogen-bond donors (Lipinski definition) is 5. The number of primary amides is 1. The molecule has 2 atom stereocenters. The topological polar surface area (TPSA) is 148 Å². The van der Waals surface area contributed by atoms with E-state index in [1.165, 1.54) is 12.4 Å². The van der Waals surface area contributed by atoms with E-state index in [0.29, 0.717) is 16.9 Å². The molecule has 37 heavy (non-hydrogen) atoms. The number of hydrogen-bond acceptors (Lipinski definition) is 8. The number of anilines is 4. The fraction of sp³-hybridized carbons (Fsp3) is 0.231. The Labute approximate surface area is 216 Å². The first-order valence-electron chi connectivity index (χ1n) is 11.9. The molecule has 7 N–H and O–H groups in total. The van der Waals surface area contributed by atoms with Gasteiger partial charge in [0.15, 0.2) is 11.6 Å². The number of nitrogens with one attached hydrogen (secondary N) is 3. The maximum Gasteiger partial charge on any atom is 0.255 e. The summed E-state index contributed by atoms with van der Waals surface area (Å²) in [5.41, 5.74) is 12.9. The second kappa shape index (κ2) is 10.5. The Morgan fingerprint density at radius 3 is 2.65 bits per heavy atom. The minimum Gasteiger partial charge on any atom is -0.365 e. The summed E-state index contributed by atoms with van der Waals surface area (Å²) in [7, 11) is 0. The van der Waals surface area contributed by atoms with Gasteiger partial charge in [0, 0.05) is 22.3 Å². The van der Waals surface area contributed by atoms with Crippen molar-refractivity contribution in [3.05, 3.63) is 71.1 Å². The van der Waals surface area contributed by atoms with Crippen molar-refractivity contribution in [2.45, 2.75) is 37.8 Å². The molecule has 0 spiro atoms. The zero-order valence-electron chi connectivity index (χ0n) is 19.8. The Morgan fingerprint density at radius 2 is 1.84 bits per heavy atom. The molecule has 0 saturated heterocycles. The molecule has 3 aromatic heterocycles. The summed E-state index contributed by atoms with van der Waals surface area (Å²) in [6.45, 7) is 0. The van der Waals surface area contributed by atoms with Crippen LogP contribution in [0.1, 0.15) is 46.4 Å². The van der Waals surface area contributed by atoms with Gasteiger partial charge < -0.3 is 27.4 Å². The molecule has 5 rings (SSSR count). The molecule has 4 aromatic rings. The number of nitrogens with two attached hydrogens (primary N) is 2. The molecular weight excluding hydrogens is 493 g/mol. The highest BCUT2D eigenvalue weighted by Gasteiger charge is 2.24. The molecule has 190 valence electrons. The summed E-state index contributed by atoms with van der Waals surface area (Å²) in [5.74, 6) is -1.78. The third-order valence-corrected chi connectivity index (χ3v) is 7.25. The van der Waals surface area contributed by atoms with Crippen LogP contribution < -0.4 is 27.4 Å². The number of amides is 2. The van der Waals surface area contributed by atoms with Crippen LogP contribution in [-0.2, 0) is 0 Å². The van der Waals surface area contributed by atoms with E-state index in [1.54, 1.807) is 23.5 Å². The molecule has 0 bridgehead atoms. The number of fused-ring (bicyclic) bond motifs is 1. The summed E-state index contributed by atoms with van der Waals surface area (Å²) in [4.78, 5) is 33.3. The van der Waals surface area contributed by atoms with Crippen molar-refractivity contribution in [2.75, 3.05) is 16.0 Å². The number of halogens is 1. The Bertz CT molecular complexity index is 1470. The van der Waals surface area contributed by atoms with Crippen molar-refractivity contribution in [1.29, 1.82) is 0 Å². The van der Waals surface area contributed by atoms with Crippen molar-refractivity contribution in [1.82, 2.24) is 9.97 Å². The standard InChI is InChI=1S/C26H26FN7O2S/c27-19-11-18(23(29)35)24(34-25(19)33-21-4-2-1-3-20(21)28)31-16-10-17(13-30-12-16)32-26(36)15-5-6-22-14(9-15)7-8-37-22/h5-13,20-21H,1-4,28H2,(H2,29,35)(H,32,36)(H2,31,33,34)/t20-,21?/m0/s1. The van der Waals surface area contributed by atoms with Crippen LogP contribution in [0.25, 0.3) is 10.1 Å². The molecule has 0 aliphatic heterocycles. The Kier molecular flexibility index (Phi) is 6.97. The molecule has 1 aromatic carbocycles. The van der Waals surface area contributed by atoms with Crippen LogP contribution in [0, 0.1) is 5.82 Å². The number of aromatic nitrogens is 2. The zero-order chi connectivity index (χ0) is 25.9. The molecule has 1 fully saturated rings. The second-order valence-corrected chi connectivity index (χ2v) is 9.94. The summed E-state index contributed by atoms with van der Waals surface area (Å²) in [6, 6.07) is 9.89. The molecular formula is C26H26FN7O2S. The molecule has 3 heterocycles. The molecule has 1 saturated carbocycles. The van der Waals surface area contributed by atoms with E-state index in [0.717, 1.165) is 41.8 Å². The number of carbonyl (C=O) groups excluding carboxylic acids is 2. The molecule has 1 unspecified atom stereocenters. The van der Waals surface area contributed by atoms with Crippen LogP contribution in [0.2, 0.25) is 0 Å². The van der Waals surface area contributed by atoms with E-state index < -0.39 is 11.7 Å². The lowest BCUT2D eigenvalue weighted by atomic mass is 9.91. The van der Waals surface area contributed by atoms with Gasteiger partial charge in [-0.25, -0.2) is 9.37 Å². The van der Waals surface area contributed by atoms with Crippen LogP contribution in [0.5, 0.6) is 0 Å². The molecule has 2 amide bonds. The van der Waals surface area contributed by atoms with Gasteiger partial charge in [-0.15, -0.1) is 11.3 Å². The number of rotatable bonds is 7. The molecule has 11 heteroatoms. The molecule has 1 aliphatic rings. The van der Waals surface area contributed by atoms with Gasteiger partial charge in [-0.05, 0) is 60.0 Å². The van der Waals surface area contributed by atoms with Gasteiger partial charge in [-0.2, -0.15) is 0 Å². The lowest BCUT2D eigenvalue weighted by Crippen LogP contribution is -2.43. The lowest BCUT2D eigenvalue weighted by molar-refractivity contribution is 0.0997. The summed E-state index contributed by atoms with van der Waals surface area (Å²) >= 11 is 1.61. The first kappa shape index (κ1) is 24.6. The second-order valence-electron chi connectivity index (χ2n) is 8.99. The van der Waals surface area contributed by atoms with E-state index in [4.69, 9.17) is 11.5 Å². The van der Waals surface area contributed by atoms with Gasteiger partial charge in [-0.3, -0.25) is 14.6 Å². The van der Waals surface area contributed by atoms with Crippen molar-refractivity contribution < 1.29 is 14.0 Å². The van der Waals surface area contributed by atoms with Crippen LogP contribution in [-0.4, -0.2) is 33.9 Å². The van der Waals surface area contributed by atoms with E-state index >= 15 is 0 Å². The Balaban J connectivity index is 1.36. The fourth-order valence-corrected chi connectivity index (χ4v) is 5.18. The highest BCUT2D eigenvalue weighted by atomic mass is 32.1. The predicted octanol–water partition coefficient (Wildman–Crippen LogP) is 4.61. The van der Waals surface area contributed by atoms with Gasteiger partial charge in [0.2, 0.25) is 0 Å². The van der Waals surface area contributed by atoms with Crippen molar-refractivity contribution in [3.8, 4) is 0 Å². The van der Waals surface area contributed by atoms with Crippen molar-refractivity contribution >= 4 is 56.2 Å². The van der Waals surface area contributed by atoms with Gasteiger partial charge in [-0.1, -0.05) is 12.8 Å². The maximum atomic E-state index is 14.8. The highest BCUT2D eigenvalue weighted by molar-refractivity contribution is 7.17. The fourth-order valence-electron chi connectivity index (χ4n) is 4.41. The summed E-state index contributed by atoms with van der Waals surface area (Å²) in [5, 5.41) is 11.8. The number of nitrogens with zero attached hydrogens (tertiary/aromatic N) is 2. The van der Waals surface area contributed by atoms with E-state index in [-0.39, 0.29) is 35.2 Å². The SMILES string of the molecule is NC(=O)c1cc(F)c(NC2CCCC[C@@H]2N)nc1Nc1cncc(NC(=O)c2ccc3sccc3c2)c1. The number of thiophene rings is 1. The van der Waals surface area contributed by atoms with Gasteiger partial charge in [0.05, 0.1) is 29.3 Å².